The lowest BCUT2D eigenvalue weighted by Gasteiger charge is -2.31. The molecule has 2 rings (SSSR count). The molecule has 2 amide bonds. The van der Waals surface area contributed by atoms with E-state index >= 15 is 0 Å². The number of amides is 2. The van der Waals surface area contributed by atoms with Gasteiger partial charge >= 0.3 is 0 Å². The van der Waals surface area contributed by atoms with E-state index in [1.807, 2.05) is 45.0 Å². The molecule has 39 heavy (non-hydrogen) atoms. The second-order valence-corrected chi connectivity index (χ2v) is 12.0. The first-order valence-corrected chi connectivity index (χ1v) is 15.1. The van der Waals surface area contributed by atoms with Gasteiger partial charge in [-0.25, -0.2) is 8.42 Å². The van der Waals surface area contributed by atoms with Crippen LogP contribution < -0.4 is 19.1 Å². The van der Waals surface area contributed by atoms with Gasteiger partial charge in [-0.05, 0) is 54.7 Å². The van der Waals surface area contributed by atoms with Crippen LogP contribution in [0.4, 0.5) is 5.69 Å². The average Bonchev–Trinajstić information content (AvgIpc) is 2.89. The van der Waals surface area contributed by atoms with Gasteiger partial charge in [0.25, 0.3) is 0 Å². The summed E-state index contributed by atoms with van der Waals surface area (Å²) in [6.45, 7) is 6.69. The quantitative estimate of drug-likeness (QED) is 0.332. The predicted octanol–water partition coefficient (Wildman–Crippen LogP) is 4.48. The molecule has 0 radical (unpaired) electrons. The van der Waals surface area contributed by atoms with Crippen LogP contribution in [0.2, 0.25) is 5.02 Å². The Hall–Kier alpha value is -2.98. The molecule has 1 N–H and O–H groups in total. The fourth-order valence-electron chi connectivity index (χ4n) is 4.08. The zero-order valence-corrected chi connectivity index (χ0v) is 25.1. The Morgan fingerprint density at radius 1 is 1.05 bits per heavy atom. The van der Waals surface area contributed by atoms with Gasteiger partial charge in [-0.2, -0.15) is 0 Å². The number of sulfonamides is 1. The van der Waals surface area contributed by atoms with Gasteiger partial charge < -0.3 is 19.7 Å². The SMILES string of the molecule is CC[C@H](C(=O)NCC(C)C)N(Cc1ccc(OC)cc1)C(=O)CCCN(c1ccc(OC)c(Cl)c1)S(C)(=O)=O. The average molecular weight is 582 g/mol. The molecule has 0 unspecified atom stereocenters. The van der Waals surface area contributed by atoms with E-state index in [4.69, 9.17) is 21.1 Å². The van der Waals surface area contributed by atoms with Crippen molar-refractivity contribution in [3.8, 4) is 11.5 Å². The molecule has 0 saturated heterocycles. The molecule has 0 spiro atoms. The number of nitrogens with one attached hydrogen (secondary N) is 1. The molecule has 2 aromatic rings. The molecule has 0 aliphatic heterocycles. The molecule has 0 aliphatic carbocycles. The van der Waals surface area contributed by atoms with Crippen LogP contribution in [0.3, 0.4) is 0 Å². The Morgan fingerprint density at radius 2 is 1.72 bits per heavy atom. The second-order valence-electron chi connectivity index (χ2n) is 9.69. The lowest BCUT2D eigenvalue weighted by atomic mass is 10.1. The van der Waals surface area contributed by atoms with Crippen LogP contribution in [0.15, 0.2) is 42.5 Å². The molecule has 0 bridgehead atoms. The summed E-state index contributed by atoms with van der Waals surface area (Å²) in [4.78, 5) is 28.2. The Labute approximate surface area is 237 Å². The number of hydrogen-bond donors (Lipinski definition) is 1. The van der Waals surface area contributed by atoms with E-state index in [1.165, 1.54) is 17.5 Å². The van der Waals surface area contributed by atoms with E-state index in [0.29, 0.717) is 30.2 Å². The van der Waals surface area contributed by atoms with Gasteiger partial charge in [0.1, 0.15) is 17.5 Å². The number of ether oxygens (including phenoxy) is 2. The van der Waals surface area contributed by atoms with Crippen molar-refractivity contribution in [1.29, 1.82) is 0 Å². The summed E-state index contributed by atoms with van der Waals surface area (Å²) in [6.07, 6.45) is 1.85. The first kappa shape index (κ1) is 32.2. The van der Waals surface area contributed by atoms with Crippen molar-refractivity contribution in [1.82, 2.24) is 10.2 Å². The summed E-state index contributed by atoms with van der Waals surface area (Å²) in [5.41, 5.74) is 1.23. The minimum atomic E-state index is -3.64. The van der Waals surface area contributed by atoms with Gasteiger partial charge in [-0.3, -0.25) is 13.9 Å². The number of anilines is 1. The van der Waals surface area contributed by atoms with E-state index in [0.717, 1.165) is 11.8 Å². The maximum atomic E-state index is 13.5. The monoisotopic (exact) mass is 581 g/mol. The van der Waals surface area contributed by atoms with Crippen molar-refractivity contribution < 1.29 is 27.5 Å². The van der Waals surface area contributed by atoms with Gasteiger partial charge in [0.05, 0.1) is 31.2 Å². The summed E-state index contributed by atoms with van der Waals surface area (Å²) in [7, 11) is -0.587. The van der Waals surface area contributed by atoms with Crippen LogP contribution in [0.25, 0.3) is 0 Å². The normalized spacial score (nSPS) is 12.1. The third kappa shape index (κ3) is 9.61. The van der Waals surface area contributed by atoms with E-state index in [-0.39, 0.29) is 48.7 Å². The number of hydrogen-bond acceptors (Lipinski definition) is 6. The van der Waals surface area contributed by atoms with Crippen LogP contribution in [-0.4, -0.2) is 64.7 Å². The zero-order chi connectivity index (χ0) is 29.2. The largest absolute Gasteiger partial charge is 0.497 e. The van der Waals surface area contributed by atoms with E-state index in [9.17, 15) is 18.0 Å². The van der Waals surface area contributed by atoms with Crippen molar-refractivity contribution in [2.45, 2.75) is 52.6 Å². The molecule has 2 aromatic carbocycles. The molecule has 0 aromatic heterocycles. The molecule has 0 saturated carbocycles. The fraction of sp³-hybridized carbons (Fsp3) is 0.500. The number of methoxy groups -OCH3 is 2. The van der Waals surface area contributed by atoms with Crippen LogP contribution in [0.1, 0.15) is 45.6 Å². The lowest BCUT2D eigenvalue weighted by molar-refractivity contribution is -0.141. The number of nitrogens with zero attached hydrogens (tertiary/aromatic N) is 2. The van der Waals surface area contributed by atoms with Crippen LogP contribution in [0.5, 0.6) is 11.5 Å². The molecule has 11 heteroatoms. The van der Waals surface area contributed by atoms with E-state index in [2.05, 4.69) is 5.32 Å². The van der Waals surface area contributed by atoms with Gasteiger partial charge in [0.2, 0.25) is 21.8 Å². The summed E-state index contributed by atoms with van der Waals surface area (Å²) in [5, 5.41) is 3.22. The maximum Gasteiger partial charge on any atom is 0.242 e. The van der Waals surface area contributed by atoms with Crippen molar-refractivity contribution in [3.63, 3.8) is 0 Å². The van der Waals surface area contributed by atoms with Gasteiger partial charge in [-0.1, -0.05) is 44.5 Å². The second kappa shape index (κ2) is 15.0. The van der Waals surface area contributed by atoms with Crippen LogP contribution in [0, 0.1) is 5.92 Å². The topological polar surface area (TPSA) is 105 Å². The van der Waals surface area contributed by atoms with Crippen LogP contribution >= 0.6 is 11.6 Å². The molecule has 0 fully saturated rings. The molecular formula is C28H40ClN3O6S. The van der Waals surface area contributed by atoms with Gasteiger partial charge in [0.15, 0.2) is 0 Å². The highest BCUT2D eigenvalue weighted by Crippen LogP contribution is 2.30. The van der Waals surface area contributed by atoms with Crippen molar-refractivity contribution in [3.05, 3.63) is 53.1 Å². The molecule has 0 heterocycles. The minimum Gasteiger partial charge on any atom is -0.497 e. The highest BCUT2D eigenvalue weighted by atomic mass is 35.5. The minimum absolute atomic E-state index is 0.0556. The third-order valence-electron chi connectivity index (χ3n) is 6.16. The first-order chi connectivity index (χ1) is 18.4. The molecule has 0 aliphatic rings. The standard InChI is InChI=1S/C28H40ClN3O6S/c1-7-25(28(34)30-18-20(2)3)31(19-21-10-13-23(37-4)14-11-21)27(33)9-8-16-32(39(6,35)36)22-12-15-26(38-5)24(29)17-22/h10-15,17,20,25H,7-9,16,18-19H2,1-6H3,(H,30,34)/t25-/m1/s1. The fourth-order valence-corrected chi connectivity index (χ4v) is 5.29. The smallest absolute Gasteiger partial charge is 0.242 e. The lowest BCUT2D eigenvalue weighted by Crippen LogP contribution is -2.49. The molecule has 9 nitrogen and oxygen atoms in total. The Morgan fingerprint density at radius 3 is 2.23 bits per heavy atom. The highest BCUT2D eigenvalue weighted by molar-refractivity contribution is 7.92. The Balaban J connectivity index is 2.23. The van der Waals surface area contributed by atoms with E-state index in [1.54, 1.807) is 24.1 Å². The van der Waals surface area contributed by atoms with Gasteiger partial charge in [0, 0.05) is 26.1 Å². The molecule has 1 atom stereocenters. The van der Waals surface area contributed by atoms with Crippen molar-refractivity contribution in [2.75, 3.05) is 37.9 Å². The number of halogens is 1. The predicted molar refractivity (Wildman–Crippen MR) is 155 cm³/mol. The summed E-state index contributed by atoms with van der Waals surface area (Å²) in [6, 6.07) is 11.4. The van der Waals surface area contributed by atoms with Crippen molar-refractivity contribution in [2.24, 2.45) is 5.92 Å². The third-order valence-corrected chi connectivity index (χ3v) is 7.65. The number of rotatable bonds is 15. The molecule has 216 valence electrons. The Bertz CT molecular complexity index is 1200. The number of carbonyl (C=O) groups excluding carboxylic acids is 2. The van der Waals surface area contributed by atoms with E-state index < -0.39 is 16.1 Å². The molecular weight excluding hydrogens is 542 g/mol. The zero-order valence-electron chi connectivity index (χ0n) is 23.6. The number of carbonyl (C=O) groups is 2. The number of benzene rings is 2. The summed E-state index contributed by atoms with van der Waals surface area (Å²) < 4.78 is 36.7. The van der Waals surface area contributed by atoms with Gasteiger partial charge in [-0.15, -0.1) is 0 Å². The Kier molecular flexibility index (Phi) is 12.4. The van der Waals surface area contributed by atoms with Crippen molar-refractivity contribution >= 4 is 39.1 Å². The first-order valence-electron chi connectivity index (χ1n) is 12.9. The maximum absolute atomic E-state index is 13.5. The summed E-state index contributed by atoms with van der Waals surface area (Å²) >= 11 is 6.22. The van der Waals surface area contributed by atoms with Crippen LogP contribution in [-0.2, 0) is 26.2 Å². The highest BCUT2D eigenvalue weighted by Gasteiger charge is 2.29. The summed E-state index contributed by atoms with van der Waals surface area (Å²) in [5.74, 6) is 0.945.